The average molecular weight is 550 g/mol. The Kier molecular flexibility index (Phi) is 6.33. The maximum absolute atomic E-state index is 5.23. The van der Waals surface area contributed by atoms with E-state index in [4.69, 9.17) is 9.98 Å². The Morgan fingerprint density at radius 3 is 2.10 bits per heavy atom. The number of nitrogens with one attached hydrogen (secondary N) is 1. The minimum atomic E-state index is -0.657. The van der Waals surface area contributed by atoms with Crippen molar-refractivity contribution in [2.24, 2.45) is 9.98 Å². The summed E-state index contributed by atoms with van der Waals surface area (Å²) in [6, 6.07) is 43.3. The van der Waals surface area contributed by atoms with Gasteiger partial charge in [-0.2, -0.15) is 0 Å². The van der Waals surface area contributed by atoms with Gasteiger partial charge in [0.15, 0.2) is 6.17 Å². The lowest BCUT2D eigenvalue weighted by molar-refractivity contribution is 0.644. The Hall–Kier alpha value is -4.46. The first kappa shape index (κ1) is 25.5. The molecule has 3 heterocycles. The third-order valence-corrected chi connectivity index (χ3v) is 10.6. The first-order valence-corrected chi connectivity index (χ1v) is 15.5. The van der Waals surface area contributed by atoms with E-state index in [-0.39, 0.29) is 11.6 Å². The molecule has 200 valence electrons. The summed E-state index contributed by atoms with van der Waals surface area (Å²) < 4.78 is 0. The molecule has 0 saturated heterocycles. The maximum atomic E-state index is 5.23. The molecule has 4 heteroatoms. The van der Waals surface area contributed by atoms with Crippen LogP contribution in [0.1, 0.15) is 53.4 Å². The molecule has 2 aliphatic heterocycles. The number of aliphatic imine (C=N–C) groups is 2. The van der Waals surface area contributed by atoms with Crippen LogP contribution in [0.25, 0.3) is 15.8 Å². The van der Waals surface area contributed by atoms with E-state index in [2.05, 4.69) is 141 Å². The van der Waals surface area contributed by atoms with E-state index in [1.54, 1.807) is 0 Å². The predicted molar refractivity (Wildman–Crippen MR) is 174 cm³/mol. The number of rotatable bonds is 3. The SMILES string of the molecule is Cc1cc(C2=NC(c3ccccc3)N=C(c3ccccc3)N2)cc2cp(c3ccccc13)-c1ccccc1C2(C)C. The predicted octanol–water partition coefficient (Wildman–Crippen LogP) is 9.38. The second kappa shape index (κ2) is 10.2. The zero-order chi connectivity index (χ0) is 28.0. The summed E-state index contributed by atoms with van der Waals surface area (Å²) in [6.45, 7) is 6.92. The first-order valence-electron chi connectivity index (χ1n) is 14.1. The molecule has 0 spiro atoms. The molecule has 2 aliphatic rings. The molecular weight excluding hydrogens is 517 g/mol. The van der Waals surface area contributed by atoms with Crippen LogP contribution in [0.2, 0.25) is 0 Å². The molecule has 3 nitrogen and oxygen atoms in total. The lowest BCUT2D eigenvalue weighted by Crippen LogP contribution is -2.36. The molecule has 0 aliphatic carbocycles. The van der Waals surface area contributed by atoms with Crippen LogP contribution in [-0.4, -0.2) is 11.7 Å². The number of fused-ring (bicyclic) bond motifs is 6. The molecule has 2 atom stereocenters. The topological polar surface area (TPSA) is 36.8 Å². The molecule has 41 heavy (non-hydrogen) atoms. The van der Waals surface area contributed by atoms with Crippen LogP contribution in [0, 0.1) is 6.92 Å². The second-order valence-electron chi connectivity index (χ2n) is 11.3. The van der Waals surface area contributed by atoms with Crippen molar-refractivity contribution in [3.63, 3.8) is 0 Å². The van der Waals surface area contributed by atoms with Gasteiger partial charge in [0.2, 0.25) is 0 Å². The van der Waals surface area contributed by atoms with E-state index in [1.807, 2.05) is 12.1 Å². The fraction of sp³-hybridized carbons (Fsp3) is 0.135. The van der Waals surface area contributed by atoms with Gasteiger partial charge in [-0.05, 0) is 52.5 Å². The summed E-state index contributed by atoms with van der Waals surface area (Å²) in [5.41, 5.74) is 7.00. The van der Waals surface area contributed by atoms with Crippen molar-refractivity contribution in [1.82, 2.24) is 5.32 Å². The molecule has 1 N–H and O–H groups in total. The van der Waals surface area contributed by atoms with Gasteiger partial charge in [0.1, 0.15) is 11.7 Å². The zero-order valence-electron chi connectivity index (χ0n) is 23.5. The van der Waals surface area contributed by atoms with Gasteiger partial charge in [0.05, 0.1) is 0 Å². The quantitative estimate of drug-likeness (QED) is 0.239. The number of benzene rings is 4. The van der Waals surface area contributed by atoms with E-state index in [9.17, 15) is 0 Å². The van der Waals surface area contributed by atoms with Crippen molar-refractivity contribution in [3.05, 3.63) is 161 Å². The Labute approximate surface area is 242 Å². The minimum absolute atomic E-state index is 0.147. The van der Waals surface area contributed by atoms with Gasteiger partial charge in [-0.25, -0.2) is 9.98 Å². The molecule has 5 aromatic rings. The number of aryl methyl sites for hydroxylation is 1. The van der Waals surface area contributed by atoms with Crippen LogP contribution in [-0.2, 0) is 5.41 Å². The van der Waals surface area contributed by atoms with Crippen molar-refractivity contribution in [2.45, 2.75) is 32.4 Å². The third-order valence-electron chi connectivity index (χ3n) is 8.26. The van der Waals surface area contributed by atoms with E-state index in [0.29, 0.717) is 0 Å². The van der Waals surface area contributed by atoms with Gasteiger partial charge in [0.25, 0.3) is 0 Å². The summed E-state index contributed by atoms with van der Waals surface area (Å²) in [6.07, 6.45) is -0.330. The maximum Gasteiger partial charge on any atom is 0.169 e. The molecule has 0 radical (unpaired) electrons. The van der Waals surface area contributed by atoms with Crippen molar-refractivity contribution < 1.29 is 0 Å². The Bertz CT molecular complexity index is 1900. The zero-order valence-corrected chi connectivity index (χ0v) is 24.4. The van der Waals surface area contributed by atoms with Crippen LogP contribution in [0.4, 0.5) is 0 Å². The molecule has 2 unspecified atom stereocenters. The Balaban J connectivity index is 1.51. The van der Waals surface area contributed by atoms with E-state index in [1.165, 1.54) is 32.5 Å². The molecular formula is C37H32N3P. The highest BCUT2D eigenvalue weighted by Gasteiger charge is 2.31. The van der Waals surface area contributed by atoms with E-state index in [0.717, 1.165) is 28.4 Å². The lowest BCUT2D eigenvalue weighted by Gasteiger charge is -2.33. The molecule has 4 aromatic carbocycles. The normalized spacial score (nSPS) is 17.0. The highest BCUT2D eigenvalue weighted by atomic mass is 31.1. The van der Waals surface area contributed by atoms with Crippen LogP contribution in [0.3, 0.4) is 0 Å². The van der Waals surface area contributed by atoms with E-state index >= 15 is 0 Å². The largest absolute Gasteiger partial charge is 0.324 e. The van der Waals surface area contributed by atoms with Crippen LogP contribution >= 0.6 is 7.53 Å². The molecule has 1 aromatic heterocycles. The summed E-state index contributed by atoms with van der Waals surface area (Å²) in [4.78, 5) is 10.3. The monoisotopic (exact) mass is 549 g/mol. The molecule has 7 rings (SSSR count). The molecule has 2 bridgehead atoms. The number of hydrogen-bond donors (Lipinski definition) is 1. The fourth-order valence-electron chi connectivity index (χ4n) is 5.94. The van der Waals surface area contributed by atoms with Gasteiger partial charge < -0.3 is 5.32 Å². The van der Waals surface area contributed by atoms with Gasteiger partial charge in [-0.15, -0.1) is 0 Å². The van der Waals surface area contributed by atoms with Gasteiger partial charge in [-0.1, -0.05) is 131 Å². The number of hydrogen-bond acceptors (Lipinski definition) is 3. The number of amidine groups is 2. The Morgan fingerprint density at radius 1 is 0.683 bits per heavy atom. The average Bonchev–Trinajstić information content (AvgIpc) is 3.08. The highest BCUT2D eigenvalue weighted by molar-refractivity contribution is 7.61. The van der Waals surface area contributed by atoms with E-state index < -0.39 is 7.53 Å². The fourth-order valence-corrected chi connectivity index (χ4v) is 8.77. The van der Waals surface area contributed by atoms with Crippen molar-refractivity contribution >= 4 is 29.7 Å². The summed E-state index contributed by atoms with van der Waals surface area (Å²) in [5.74, 6) is 4.21. The molecule has 0 saturated carbocycles. The first-order chi connectivity index (χ1) is 20.0. The minimum Gasteiger partial charge on any atom is -0.324 e. The molecule has 0 amide bonds. The summed E-state index contributed by atoms with van der Waals surface area (Å²) in [5, 5.41) is 7.78. The number of nitrogens with zero attached hydrogens (tertiary/aromatic N) is 2. The van der Waals surface area contributed by atoms with Gasteiger partial charge in [-0.3, -0.25) is 0 Å². The van der Waals surface area contributed by atoms with Crippen LogP contribution < -0.4 is 5.32 Å². The van der Waals surface area contributed by atoms with Gasteiger partial charge >= 0.3 is 0 Å². The van der Waals surface area contributed by atoms with Crippen LogP contribution in [0.15, 0.2) is 137 Å². The standard InChI is InChI=1S/C37H32N3P/c1-25-22-28(36-39-34(26-14-6-4-7-15-26)38-35(40-36)27-16-8-5-9-17-27)23-29-24-41(32-20-12-10-18-30(25)32)33-21-13-11-19-31(33)37(29,2)3/h4-24,34H,1-3H3,(H,38,39,40). The van der Waals surface area contributed by atoms with Crippen LogP contribution in [0.5, 0.6) is 0 Å². The molecule has 0 fully saturated rings. The smallest absolute Gasteiger partial charge is 0.169 e. The van der Waals surface area contributed by atoms with Crippen molar-refractivity contribution in [1.29, 1.82) is 0 Å². The second-order valence-corrected chi connectivity index (χ2v) is 13.2. The lowest BCUT2D eigenvalue weighted by atomic mass is 9.78. The third kappa shape index (κ3) is 4.57. The Morgan fingerprint density at radius 2 is 1.32 bits per heavy atom. The van der Waals surface area contributed by atoms with Crippen molar-refractivity contribution in [3.8, 4) is 5.30 Å². The summed E-state index contributed by atoms with van der Waals surface area (Å²) >= 11 is 0. The van der Waals surface area contributed by atoms with Crippen molar-refractivity contribution in [2.75, 3.05) is 0 Å². The summed E-state index contributed by atoms with van der Waals surface area (Å²) in [7, 11) is -0.657. The van der Waals surface area contributed by atoms with Gasteiger partial charge in [0, 0.05) is 27.0 Å². The highest BCUT2D eigenvalue weighted by Crippen LogP contribution is 2.55.